The second kappa shape index (κ2) is 9.21. The number of para-hydroxylation sites is 1. The van der Waals surface area contributed by atoms with Gasteiger partial charge in [-0.1, -0.05) is 44.2 Å². The predicted octanol–water partition coefficient (Wildman–Crippen LogP) is 3.95. The monoisotopic (exact) mass is 368 g/mol. The summed E-state index contributed by atoms with van der Waals surface area (Å²) in [5, 5.41) is 5.47. The van der Waals surface area contributed by atoms with Gasteiger partial charge in [0.25, 0.3) is 5.91 Å². The van der Waals surface area contributed by atoms with E-state index in [2.05, 4.69) is 24.5 Å². The maximum Gasteiger partial charge on any atom is 0.261 e. The minimum Gasteiger partial charge on any atom is -0.481 e. The Labute approximate surface area is 161 Å². The maximum atomic E-state index is 12.2. The molecule has 5 nitrogen and oxygen atoms in total. The highest BCUT2D eigenvalue weighted by atomic mass is 16.5. The van der Waals surface area contributed by atoms with E-state index in [0.29, 0.717) is 11.7 Å². The number of aryl methyl sites for hydroxylation is 2. The zero-order chi connectivity index (χ0) is 20.0. The van der Waals surface area contributed by atoms with Crippen molar-refractivity contribution in [3.05, 3.63) is 59.2 Å². The Morgan fingerprint density at radius 1 is 1.00 bits per heavy atom. The predicted molar refractivity (Wildman–Crippen MR) is 108 cm³/mol. The van der Waals surface area contributed by atoms with E-state index in [-0.39, 0.29) is 18.4 Å². The minimum absolute atomic E-state index is 0.105. The summed E-state index contributed by atoms with van der Waals surface area (Å²) in [5.41, 5.74) is 3.90. The summed E-state index contributed by atoms with van der Waals surface area (Å²) in [5.74, 6) is 0.423. The Hall–Kier alpha value is -2.82. The molecule has 0 saturated carbocycles. The molecule has 0 aliphatic carbocycles. The Kier molecular flexibility index (Phi) is 6.99. The number of benzene rings is 2. The lowest BCUT2D eigenvalue weighted by Gasteiger charge is -2.16. The molecule has 144 valence electrons. The van der Waals surface area contributed by atoms with Gasteiger partial charge in [-0.3, -0.25) is 9.59 Å². The number of amides is 2. The van der Waals surface area contributed by atoms with Crippen molar-refractivity contribution >= 4 is 17.5 Å². The van der Waals surface area contributed by atoms with Crippen LogP contribution in [0.4, 0.5) is 5.69 Å². The van der Waals surface area contributed by atoms with Crippen LogP contribution < -0.4 is 15.4 Å². The first-order valence-electron chi connectivity index (χ1n) is 9.18. The Morgan fingerprint density at radius 3 is 2.26 bits per heavy atom. The molecule has 2 aromatic carbocycles. The normalized spacial score (nSPS) is 11.8. The lowest BCUT2D eigenvalue weighted by molar-refractivity contribution is -0.129. The van der Waals surface area contributed by atoms with Crippen LogP contribution in [0.5, 0.6) is 5.75 Å². The molecule has 1 unspecified atom stereocenters. The standard InChI is InChI=1S/C22H28N2O3/c1-14(2)18-10-7-11-19(12-18)27-17(5)22(26)23-13-20(25)24-21-15(3)8-6-9-16(21)4/h6-12,14,17H,13H2,1-5H3,(H,23,26)(H,24,25). The van der Waals surface area contributed by atoms with E-state index in [4.69, 9.17) is 4.74 Å². The molecular formula is C22H28N2O3. The van der Waals surface area contributed by atoms with Gasteiger partial charge in [0.05, 0.1) is 6.54 Å². The molecule has 0 fully saturated rings. The van der Waals surface area contributed by atoms with E-state index in [1.54, 1.807) is 6.92 Å². The number of ether oxygens (including phenoxy) is 1. The van der Waals surface area contributed by atoms with Crippen LogP contribution in [0.2, 0.25) is 0 Å². The summed E-state index contributed by atoms with van der Waals surface area (Å²) < 4.78 is 5.71. The largest absolute Gasteiger partial charge is 0.481 e. The van der Waals surface area contributed by atoms with E-state index in [0.717, 1.165) is 22.4 Å². The fourth-order valence-electron chi connectivity index (χ4n) is 2.71. The SMILES string of the molecule is Cc1cccc(C)c1NC(=O)CNC(=O)C(C)Oc1cccc(C(C)C)c1. The maximum absolute atomic E-state index is 12.2. The smallest absolute Gasteiger partial charge is 0.261 e. The first-order chi connectivity index (χ1) is 12.8. The summed E-state index contributed by atoms with van der Waals surface area (Å²) in [6.07, 6.45) is -0.694. The molecular weight excluding hydrogens is 340 g/mol. The quantitative estimate of drug-likeness (QED) is 0.778. The first kappa shape index (κ1) is 20.5. The third kappa shape index (κ3) is 5.84. The van der Waals surface area contributed by atoms with Crippen LogP contribution in [0.3, 0.4) is 0 Å². The van der Waals surface area contributed by atoms with Crippen molar-refractivity contribution in [3.63, 3.8) is 0 Å². The zero-order valence-electron chi connectivity index (χ0n) is 16.6. The molecule has 1 atom stereocenters. The summed E-state index contributed by atoms with van der Waals surface area (Å²) >= 11 is 0. The van der Waals surface area contributed by atoms with Gasteiger partial charge in [-0.05, 0) is 55.5 Å². The van der Waals surface area contributed by atoms with Gasteiger partial charge < -0.3 is 15.4 Å². The molecule has 0 aromatic heterocycles. The van der Waals surface area contributed by atoms with E-state index in [1.165, 1.54) is 0 Å². The summed E-state index contributed by atoms with van der Waals surface area (Å²) in [4.78, 5) is 24.4. The van der Waals surface area contributed by atoms with Gasteiger partial charge in [0.2, 0.25) is 5.91 Å². The average Bonchev–Trinajstić information content (AvgIpc) is 2.63. The van der Waals surface area contributed by atoms with E-state index in [1.807, 2.05) is 56.3 Å². The molecule has 5 heteroatoms. The van der Waals surface area contributed by atoms with Crippen LogP contribution in [0.25, 0.3) is 0 Å². The third-order valence-corrected chi connectivity index (χ3v) is 4.38. The average molecular weight is 368 g/mol. The van der Waals surface area contributed by atoms with Crippen LogP contribution >= 0.6 is 0 Å². The topological polar surface area (TPSA) is 67.4 Å². The number of carbonyl (C=O) groups excluding carboxylic acids is 2. The molecule has 2 N–H and O–H groups in total. The molecule has 0 spiro atoms. The molecule has 0 radical (unpaired) electrons. The molecule has 0 aliphatic heterocycles. The second-order valence-corrected chi connectivity index (χ2v) is 7.02. The fraction of sp³-hybridized carbons (Fsp3) is 0.364. The molecule has 0 heterocycles. The number of nitrogens with one attached hydrogen (secondary N) is 2. The van der Waals surface area contributed by atoms with Gasteiger partial charge in [-0.15, -0.1) is 0 Å². The Balaban J connectivity index is 1.87. The lowest BCUT2D eigenvalue weighted by Crippen LogP contribution is -2.40. The van der Waals surface area contributed by atoms with Crippen LogP contribution in [-0.2, 0) is 9.59 Å². The van der Waals surface area contributed by atoms with Crippen LogP contribution in [-0.4, -0.2) is 24.5 Å². The molecule has 0 saturated heterocycles. The third-order valence-electron chi connectivity index (χ3n) is 4.38. The van der Waals surface area contributed by atoms with Crippen LogP contribution in [0.1, 0.15) is 43.4 Å². The molecule has 27 heavy (non-hydrogen) atoms. The summed E-state index contributed by atoms with van der Waals surface area (Å²) in [7, 11) is 0. The molecule has 0 aliphatic rings. The number of anilines is 1. The lowest BCUT2D eigenvalue weighted by atomic mass is 10.0. The van der Waals surface area contributed by atoms with Gasteiger partial charge in [0.1, 0.15) is 5.75 Å². The summed E-state index contributed by atoms with van der Waals surface area (Å²) in [6, 6.07) is 13.5. The minimum atomic E-state index is -0.694. The second-order valence-electron chi connectivity index (χ2n) is 7.02. The molecule has 2 rings (SSSR count). The van der Waals surface area contributed by atoms with Crippen molar-refractivity contribution in [2.75, 3.05) is 11.9 Å². The van der Waals surface area contributed by atoms with E-state index in [9.17, 15) is 9.59 Å². The first-order valence-corrected chi connectivity index (χ1v) is 9.18. The highest BCUT2D eigenvalue weighted by molar-refractivity contribution is 5.96. The number of carbonyl (C=O) groups is 2. The number of rotatable bonds is 7. The highest BCUT2D eigenvalue weighted by Gasteiger charge is 2.16. The van der Waals surface area contributed by atoms with Gasteiger partial charge in [-0.2, -0.15) is 0 Å². The fourth-order valence-corrected chi connectivity index (χ4v) is 2.71. The Morgan fingerprint density at radius 2 is 1.63 bits per heavy atom. The van der Waals surface area contributed by atoms with Gasteiger partial charge in [-0.25, -0.2) is 0 Å². The van der Waals surface area contributed by atoms with E-state index < -0.39 is 6.10 Å². The van der Waals surface area contributed by atoms with Crippen molar-refractivity contribution in [1.82, 2.24) is 5.32 Å². The van der Waals surface area contributed by atoms with Crippen LogP contribution in [0.15, 0.2) is 42.5 Å². The zero-order valence-corrected chi connectivity index (χ0v) is 16.6. The summed E-state index contributed by atoms with van der Waals surface area (Å²) in [6.45, 7) is 9.63. The van der Waals surface area contributed by atoms with Gasteiger partial charge in [0.15, 0.2) is 6.10 Å². The van der Waals surface area contributed by atoms with E-state index >= 15 is 0 Å². The van der Waals surface area contributed by atoms with Crippen molar-refractivity contribution in [2.45, 2.75) is 46.6 Å². The molecule has 2 aromatic rings. The number of hydrogen-bond acceptors (Lipinski definition) is 3. The van der Waals surface area contributed by atoms with Crippen molar-refractivity contribution in [1.29, 1.82) is 0 Å². The van der Waals surface area contributed by atoms with Gasteiger partial charge >= 0.3 is 0 Å². The molecule has 0 bridgehead atoms. The van der Waals surface area contributed by atoms with Crippen LogP contribution in [0, 0.1) is 13.8 Å². The van der Waals surface area contributed by atoms with Crippen molar-refractivity contribution < 1.29 is 14.3 Å². The van der Waals surface area contributed by atoms with Crippen molar-refractivity contribution in [2.24, 2.45) is 0 Å². The Bertz CT molecular complexity index is 795. The molecule has 2 amide bonds. The number of hydrogen-bond donors (Lipinski definition) is 2. The van der Waals surface area contributed by atoms with Gasteiger partial charge in [0, 0.05) is 5.69 Å². The van der Waals surface area contributed by atoms with Crippen molar-refractivity contribution in [3.8, 4) is 5.75 Å². The highest BCUT2D eigenvalue weighted by Crippen LogP contribution is 2.21.